The topological polar surface area (TPSA) is 87.4 Å². The van der Waals surface area contributed by atoms with E-state index in [1.54, 1.807) is 18.5 Å². The highest BCUT2D eigenvalue weighted by Gasteiger charge is 2.29. The standard InChI is InChI=1S/C23H21F3N6O2/c1-33-21-4-7-28-14-19(21)32(17-2-3-20(18(24)10-17)34-22(25)26)16-5-8-31(9-6-16)23-29-12-15(11-27)13-30-23/h2-4,7,10,12-14,16,22H,5-6,8-9H2,1H3. The fourth-order valence-corrected chi connectivity index (χ4v) is 3.97. The highest BCUT2D eigenvalue weighted by atomic mass is 19.3. The van der Waals surface area contributed by atoms with Crippen LogP contribution >= 0.6 is 0 Å². The molecule has 0 N–H and O–H groups in total. The number of nitriles is 1. The molecule has 2 aromatic heterocycles. The molecule has 8 nitrogen and oxygen atoms in total. The first-order chi connectivity index (χ1) is 16.5. The molecule has 11 heteroatoms. The molecule has 1 aliphatic rings. The molecule has 3 heterocycles. The quantitative estimate of drug-likeness (QED) is 0.505. The van der Waals surface area contributed by atoms with E-state index in [2.05, 4.69) is 19.7 Å². The van der Waals surface area contributed by atoms with E-state index >= 15 is 0 Å². The van der Waals surface area contributed by atoms with Gasteiger partial charge < -0.3 is 19.3 Å². The van der Waals surface area contributed by atoms with Crippen molar-refractivity contribution in [2.45, 2.75) is 25.5 Å². The number of pyridine rings is 1. The van der Waals surface area contributed by atoms with E-state index in [0.29, 0.717) is 54.6 Å². The van der Waals surface area contributed by atoms with Crippen LogP contribution in [0.4, 0.5) is 30.5 Å². The van der Waals surface area contributed by atoms with Gasteiger partial charge in [-0.3, -0.25) is 4.98 Å². The summed E-state index contributed by atoms with van der Waals surface area (Å²) in [5, 5.41) is 8.94. The first-order valence-corrected chi connectivity index (χ1v) is 10.5. The zero-order valence-electron chi connectivity index (χ0n) is 18.2. The lowest BCUT2D eigenvalue weighted by molar-refractivity contribution is -0.0521. The Bertz CT molecular complexity index is 1160. The van der Waals surface area contributed by atoms with E-state index in [1.807, 2.05) is 15.9 Å². The number of alkyl halides is 2. The molecule has 0 spiro atoms. The molecule has 34 heavy (non-hydrogen) atoms. The Kier molecular flexibility index (Phi) is 6.96. The van der Waals surface area contributed by atoms with Gasteiger partial charge in [-0.2, -0.15) is 14.0 Å². The maximum absolute atomic E-state index is 14.6. The smallest absolute Gasteiger partial charge is 0.387 e. The number of aromatic nitrogens is 3. The molecule has 0 aliphatic carbocycles. The average molecular weight is 470 g/mol. The van der Waals surface area contributed by atoms with Crippen LogP contribution in [0.5, 0.6) is 11.5 Å². The maximum atomic E-state index is 14.6. The second kappa shape index (κ2) is 10.2. The fraction of sp³-hybridized carbons (Fsp3) is 0.304. The maximum Gasteiger partial charge on any atom is 0.387 e. The Balaban J connectivity index is 1.62. The third-order valence-corrected chi connectivity index (χ3v) is 5.53. The van der Waals surface area contributed by atoms with E-state index < -0.39 is 18.2 Å². The van der Waals surface area contributed by atoms with Gasteiger partial charge in [0.05, 0.1) is 31.3 Å². The van der Waals surface area contributed by atoms with Gasteiger partial charge in [0.25, 0.3) is 0 Å². The highest BCUT2D eigenvalue weighted by molar-refractivity contribution is 5.70. The Morgan fingerprint density at radius 2 is 1.85 bits per heavy atom. The second-order valence-corrected chi connectivity index (χ2v) is 7.51. The molecule has 3 aromatic rings. The van der Waals surface area contributed by atoms with Gasteiger partial charge in [0, 0.05) is 43.1 Å². The summed E-state index contributed by atoms with van der Waals surface area (Å²) in [6.45, 7) is -1.89. The van der Waals surface area contributed by atoms with Crippen molar-refractivity contribution >= 4 is 17.3 Å². The molecule has 1 saturated heterocycles. The SMILES string of the molecule is COc1ccncc1N(c1ccc(OC(F)F)c(F)c1)C1CCN(c2ncc(C#N)cn2)CC1. The summed E-state index contributed by atoms with van der Waals surface area (Å²) in [5.74, 6) is -0.345. The summed E-state index contributed by atoms with van der Waals surface area (Å²) in [5.41, 5.74) is 1.47. The van der Waals surface area contributed by atoms with Crippen molar-refractivity contribution in [2.24, 2.45) is 0 Å². The molecule has 0 radical (unpaired) electrons. The van der Waals surface area contributed by atoms with Crippen LogP contribution in [0.2, 0.25) is 0 Å². The van der Waals surface area contributed by atoms with E-state index in [1.165, 1.54) is 37.7 Å². The predicted molar refractivity (Wildman–Crippen MR) is 118 cm³/mol. The first-order valence-electron chi connectivity index (χ1n) is 10.5. The lowest BCUT2D eigenvalue weighted by atomic mass is 10.0. The third-order valence-electron chi connectivity index (χ3n) is 5.53. The molecule has 1 aliphatic heterocycles. The van der Waals surface area contributed by atoms with Gasteiger partial charge in [0.2, 0.25) is 5.95 Å². The number of benzene rings is 1. The van der Waals surface area contributed by atoms with E-state index in [-0.39, 0.29) is 6.04 Å². The Morgan fingerprint density at radius 1 is 1.12 bits per heavy atom. The number of hydrogen-bond donors (Lipinski definition) is 0. The van der Waals surface area contributed by atoms with Gasteiger partial charge >= 0.3 is 6.61 Å². The number of hydrogen-bond acceptors (Lipinski definition) is 8. The number of rotatable bonds is 7. The summed E-state index contributed by atoms with van der Waals surface area (Å²) in [6, 6.07) is 7.51. The monoisotopic (exact) mass is 470 g/mol. The van der Waals surface area contributed by atoms with Crippen LogP contribution in [0.1, 0.15) is 18.4 Å². The van der Waals surface area contributed by atoms with Gasteiger partial charge in [0.1, 0.15) is 17.5 Å². The number of nitrogens with zero attached hydrogens (tertiary/aromatic N) is 6. The number of halogens is 3. The minimum atomic E-state index is -3.12. The molecule has 0 unspecified atom stereocenters. The molecule has 1 fully saturated rings. The number of piperidine rings is 1. The average Bonchev–Trinajstić information content (AvgIpc) is 2.86. The van der Waals surface area contributed by atoms with Crippen LogP contribution in [0.25, 0.3) is 0 Å². The van der Waals surface area contributed by atoms with Crippen LogP contribution in [0.3, 0.4) is 0 Å². The van der Waals surface area contributed by atoms with Gasteiger partial charge in [-0.1, -0.05) is 0 Å². The van der Waals surface area contributed by atoms with Crippen LogP contribution < -0.4 is 19.3 Å². The predicted octanol–water partition coefficient (Wildman–Crippen LogP) is 4.30. The van der Waals surface area contributed by atoms with Crippen molar-refractivity contribution < 1.29 is 22.6 Å². The van der Waals surface area contributed by atoms with E-state index in [4.69, 9.17) is 10.00 Å². The summed E-state index contributed by atoms with van der Waals surface area (Å²) >= 11 is 0. The molecule has 0 bridgehead atoms. The largest absolute Gasteiger partial charge is 0.494 e. The molecule has 1 aromatic carbocycles. The Morgan fingerprint density at radius 3 is 2.47 bits per heavy atom. The summed E-state index contributed by atoms with van der Waals surface area (Å²) in [6.07, 6.45) is 7.50. The molecule has 0 amide bonds. The van der Waals surface area contributed by atoms with Crippen LogP contribution in [-0.2, 0) is 0 Å². The third kappa shape index (κ3) is 4.96. The minimum absolute atomic E-state index is 0.0750. The number of ether oxygens (including phenoxy) is 2. The van der Waals surface area contributed by atoms with Gasteiger partial charge in [0.15, 0.2) is 11.6 Å². The van der Waals surface area contributed by atoms with Crippen LogP contribution in [0, 0.1) is 17.1 Å². The van der Waals surface area contributed by atoms with E-state index in [9.17, 15) is 13.2 Å². The number of methoxy groups -OCH3 is 1. The molecule has 4 rings (SSSR count). The summed E-state index contributed by atoms with van der Waals surface area (Å²) in [4.78, 5) is 16.6. The van der Waals surface area contributed by atoms with Crippen molar-refractivity contribution in [2.75, 3.05) is 30.0 Å². The second-order valence-electron chi connectivity index (χ2n) is 7.51. The van der Waals surface area contributed by atoms with Gasteiger partial charge in [-0.25, -0.2) is 14.4 Å². The van der Waals surface area contributed by atoms with Gasteiger partial charge in [-0.15, -0.1) is 0 Å². The molecule has 0 atom stereocenters. The molecule has 176 valence electrons. The highest BCUT2D eigenvalue weighted by Crippen LogP contribution is 2.39. The van der Waals surface area contributed by atoms with Crippen molar-refractivity contribution in [1.29, 1.82) is 5.26 Å². The zero-order chi connectivity index (χ0) is 24.1. The van der Waals surface area contributed by atoms with Crippen molar-refractivity contribution in [1.82, 2.24) is 15.0 Å². The van der Waals surface area contributed by atoms with Crippen LogP contribution in [0.15, 0.2) is 49.1 Å². The van der Waals surface area contributed by atoms with Gasteiger partial charge in [-0.05, 0) is 25.0 Å². The molecular weight excluding hydrogens is 449 g/mol. The summed E-state index contributed by atoms with van der Waals surface area (Å²) < 4.78 is 49.5. The molecule has 0 saturated carbocycles. The minimum Gasteiger partial charge on any atom is -0.494 e. The number of anilines is 3. The molecular formula is C23H21F3N6O2. The van der Waals surface area contributed by atoms with Crippen LogP contribution in [-0.4, -0.2) is 47.8 Å². The fourth-order valence-electron chi connectivity index (χ4n) is 3.97. The Labute approximate surface area is 194 Å². The first kappa shape index (κ1) is 23.1. The Hall–Kier alpha value is -4.07. The lowest BCUT2D eigenvalue weighted by Crippen LogP contribution is -2.44. The van der Waals surface area contributed by atoms with Crippen molar-refractivity contribution in [3.63, 3.8) is 0 Å². The normalized spacial score (nSPS) is 14.1. The van der Waals surface area contributed by atoms with E-state index in [0.717, 1.165) is 0 Å². The van der Waals surface area contributed by atoms with Crippen molar-refractivity contribution in [3.05, 3.63) is 60.4 Å². The van der Waals surface area contributed by atoms with Crippen molar-refractivity contribution in [3.8, 4) is 17.6 Å². The zero-order valence-corrected chi connectivity index (χ0v) is 18.2. The lowest BCUT2D eigenvalue weighted by Gasteiger charge is -2.40. The summed E-state index contributed by atoms with van der Waals surface area (Å²) in [7, 11) is 1.53.